The Morgan fingerprint density at radius 3 is 2.63 bits per heavy atom. The molecule has 19 heavy (non-hydrogen) atoms. The molecule has 1 aromatic carbocycles. The molecule has 2 aromatic rings. The molecular formula is C12H13N5OS. The predicted octanol–water partition coefficient (Wildman–Crippen LogP) is 1.25. The fraction of sp³-hybridized carbons (Fsp3) is 0.167. The third-order valence-corrected chi connectivity index (χ3v) is 2.73. The van der Waals surface area contributed by atoms with Crippen molar-refractivity contribution in [2.24, 2.45) is 5.10 Å². The highest BCUT2D eigenvalue weighted by Gasteiger charge is 1.96. The van der Waals surface area contributed by atoms with Gasteiger partial charge in [0, 0.05) is 19.8 Å². The topological polar surface area (TPSA) is 66.3 Å². The molecule has 0 spiro atoms. The molecule has 0 amide bonds. The Bertz CT molecular complexity index is 671. The number of benzene rings is 1. The van der Waals surface area contributed by atoms with E-state index < -0.39 is 0 Å². The van der Waals surface area contributed by atoms with Gasteiger partial charge in [0.25, 0.3) is 5.56 Å². The minimum Gasteiger partial charge on any atom is -0.378 e. The van der Waals surface area contributed by atoms with Crippen molar-refractivity contribution < 1.29 is 0 Å². The van der Waals surface area contributed by atoms with Gasteiger partial charge in [0.15, 0.2) is 0 Å². The standard InChI is InChI=1S/C12H13N5OS/c1-16(2)10-5-3-9(4-6-10)7-14-17-11(18)8-13-15-12(17)19/h3-8H,1-2H3,(H,15,19)/b14-7-. The van der Waals surface area contributed by atoms with Crippen LogP contribution in [0.3, 0.4) is 0 Å². The zero-order valence-corrected chi connectivity index (χ0v) is 11.4. The summed E-state index contributed by atoms with van der Waals surface area (Å²) in [7, 11) is 3.94. The van der Waals surface area contributed by atoms with Crippen LogP contribution in [0.25, 0.3) is 0 Å². The summed E-state index contributed by atoms with van der Waals surface area (Å²) in [6, 6.07) is 7.77. The van der Waals surface area contributed by atoms with Gasteiger partial charge in [-0.2, -0.15) is 14.9 Å². The Kier molecular flexibility index (Phi) is 3.86. The van der Waals surface area contributed by atoms with E-state index in [2.05, 4.69) is 15.3 Å². The summed E-state index contributed by atoms with van der Waals surface area (Å²) >= 11 is 4.93. The summed E-state index contributed by atoms with van der Waals surface area (Å²) < 4.78 is 1.25. The van der Waals surface area contributed by atoms with Crippen molar-refractivity contribution in [3.8, 4) is 0 Å². The van der Waals surface area contributed by atoms with Crippen molar-refractivity contribution in [1.82, 2.24) is 14.9 Å². The van der Waals surface area contributed by atoms with Crippen molar-refractivity contribution >= 4 is 24.1 Å². The lowest BCUT2D eigenvalue weighted by atomic mass is 10.2. The molecule has 98 valence electrons. The van der Waals surface area contributed by atoms with Gasteiger partial charge in [-0.1, -0.05) is 12.1 Å². The maximum absolute atomic E-state index is 11.5. The molecule has 0 saturated carbocycles. The SMILES string of the molecule is CN(C)c1ccc(/C=N\n2c(=O)cn[nH]c2=S)cc1. The Hall–Kier alpha value is -2.28. The molecule has 0 saturated heterocycles. The molecule has 0 atom stereocenters. The second-order valence-electron chi connectivity index (χ2n) is 4.06. The van der Waals surface area contributed by atoms with Crippen LogP contribution in [0.2, 0.25) is 0 Å². The molecule has 0 aliphatic heterocycles. The fourth-order valence-electron chi connectivity index (χ4n) is 1.44. The molecular weight excluding hydrogens is 262 g/mol. The Morgan fingerprint density at radius 1 is 1.37 bits per heavy atom. The van der Waals surface area contributed by atoms with Gasteiger partial charge < -0.3 is 4.90 Å². The number of aromatic amines is 1. The number of aromatic nitrogens is 3. The van der Waals surface area contributed by atoms with Gasteiger partial charge in [0.2, 0.25) is 4.77 Å². The first-order chi connectivity index (χ1) is 9.08. The van der Waals surface area contributed by atoms with Gasteiger partial charge in [0.05, 0.1) is 6.21 Å². The Balaban J connectivity index is 2.28. The Morgan fingerprint density at radius 2 is 2.05 bits per heavy atom. The number of hydrogen-bond donors (Lipinski definition) is 1. The largest absolute Gasteiger partial charge is 0.378 e. The average molecular weight is 275 g/mol. The van der Waals surface area contributed by atoms with Crippen molar-refractivity contribution in [3.05, 3.63) is 51.2 Å². The van der Waals surface area contributed by atoms with Crippen LogP contribution in [0, 0.1) is 4.77 Å². The van der Waals surface area contributed by atoms with Crippen molar-refractivity contribution in [1.29, 1.82) is 0 Å². The van der Waals surface area contributed by atoms with Crippen LogP contribution in [0.4, 0.5) is 5.69 Å². The van der Waals surface area contributed by atoms with Gasteiger partial charge in [-0.15, -0.1) is 0 Å². The van der Waals surface area contributed by atoms with Crippen molar-refractivity contribution in [3.63, 3.8) is 0 Å². The molecule has 1 heterocycles. The smallest absolute Gasteiger partial charge is 0.293 e. The number of rotatable bonds is 3. The van der Waals surface area contributed by atoms with Crippen LogP contribution in [0.15, 0.2) is 40.4 Å². The van der Waals surface area contributed by atoms with Crippen LogP contribution in [0.5, 0.6) is 0 Å². The third-order valence-electron chi connectivity index (χ3n) is 2.47. The first kappa shape index (κ1) is 13.2. The van der Waals surface area contributed by atoms with E-state index in [1.165, 1.54) is 0 Å². The van der Waals surface area contributed by atoms with Gasteiger partial charge in [0.1, 0.15) is 6.20 Å². The highest BCUT2D eigenvalue weighted by Crippen LogP contribution is 2.10. The lowest BCUT2D eigenvalue weighted by Gasteiger charge is -2.11. The number of hydrogen-bond acceptors (Lipinski definition) is 5. The molecule has 0 unspecified atom stereocenters. The molecule has 0 aliphatic carbocycles. The van der Waals surface area contributed by atoms with E-state index >= 15 is 0 Å². The van der Waals surface area contributed by atoms with Crippen LogP contribution in [-0.4, -0.2) is 35.2 Å². The molecule has 0 radical (unpaired) electrons. The first-order valence-corrected chi connectivity index (χ1v) is 5.97. The summed E-state index contributed by atoms with van der Waals surface area (Å²) in [6.45, 7) is 0. The van der Waals surface area contributed by atoms with E-state index in [4.69, 9.17) is 12.2 Å². The summed E-state index contributed by atoms with van der Waals surface area (Å²) in [5.74, 6) is 0. The summed E-state index contributed by atoms with van der Waals surface area (Å²) in [5, 5.41) is 10.1. The molecule has 0 fully saturated rings. The van der Waals surface area contributed by atoms with Crippen molar-refractivity contribution in [2.75, 3.05) is 19.0 Å². The second-order valence-corrected chi connectivity index (χ2v) is 4.44. The first-order valence-electron chi connectivity index (χ1n) is 5.56. The van der Waals surface area contributed by atoms with Crippen LogP contribution >= 0.6 is 12.2 Å². The maximum atomic E-state index is 11.5. The quantitative estimate of drug-likeness (QED) is 0.676. The molecule has 1 aromatic heterocycles. The second kappa shape index (κ2) is 5.57. The van der Waals surface area contributed by atoms with Crippen LogP contribution in [-0.2, 0) is 0 Å². The normalized spacial score (nSPS) is 10.8. The molecule has 2 rings (SSSR count). The van der Waals surface area contributed by atoms with Crippen LogP contribution < -0.4 is 10.5 Å². The maximum Gasteiger partial charge on any atom is 0.293 e. The van der Waals surface area contributed by atoms with Gasteiger partial charge in [-0.05, 0) is 29.9 Å². The Labute approximate surface area is 115 Å². The molecule has 6 nitrogen and oxygen atoms in total. The molecule has 0 aliphatic rings. The lowest BCUT2D eigenvalue weighted by Crippen LogP contribution is -2.18. The number of nitrogens with zero attached hydrogens (tertiary/aromatic N) is 4. The van der Waals surface area contributed by atoms with E-state index in [9.17, 15) is 4.79 Å². The van der Waals surface area contributed by atoms with Gasteiger partial charge >= 0.3 is 0 Å². The summed E-state index contributed by atoms with van der Waals surface area (Å²) in [6.07, 6.45) is 2.70. The van der Waals surface area contributed by atoms with E-state index in [0.29, 0.717) is 0 Å². The fourth-order valence-corrected chi connectivity index (χ4v) is 1.63. The lowest BCUT2D eigenvalue weighted by molar-refractivity contribution is 0.738. The molecule has 0 bridgehead atoms. The van der Waals surface area contributed by atoms with E-state index in [0.717, 1.165) is 22.1 Å². The predicted molar refractivity (Wildman–Crippen MR) is 77.4 cm³/mol. The monoisotopic (exact) mass is 275 g/mol. The highest BCUT2D eigenvalue weighted by molar-refractivity contribution is 7.71. The molecule has 1 N–H and O–H groups in total. The minimum absolute atomic E-state index is 0.161. The average Bonchev–Trinajstić information content (AvgIpc) is 2.38. The minimum atomic E-state index is -0.370. The van der Waals surface area contributed by atoms with Gasteiger partial charge in [-0.3, -0.25) is 9.89 Å². The highest BCUT2D eigenvalue weighted by atomic mass is 32.1. The summed E-state index contributed by atoms with van der Waals surface area (Å²) in [5.41, 5.74) is 1.60. The summed E-state index contributed by atoms with van der Waals surface area (Å²) in [4.78, 5) is 13.5. The van der Waals surface area contributed by atoms with Crippen molar-refractivity contribution in [2.45, 2.75) is 0 Å². The van der Waals surface area contributed by atoms with E-state index in [1.807, 2.05) is 43.3 Å². The van der Waals surface area contributed by atoms with E-state index in [1.54, 1.807) is 6.21 Å². The van der Waals surface area contributed by atoms with Gasteiger partial charge in [-0.25, -0.2) is 0 Å². The third kappa shape index (κ3) is 3.14. The zero-order valence-electron chi connectivity index (χ0n) is 10.6. The number of anilines is 1. The van der Waals surface area contributed by atoms with E-state index in [-0.39, 0.29) is 10.3 Å². The number of nitrogens with one attached hydrogen (secondary N) is 1. The van der Waals surface area contributed by atoms with Crippen LogP contribution in [0.1, 0.15) is 5.56 Å². The molecule has 7 heteroatoms. The number of H-pyrrole nitrogens is 1. The zero-order chi connectivity index (χ0) is 13.8.